The van der Waals surface area contributed by atoms with E-state index in [1.807, 2.05) is 36.4 Å². The summed E-state index contributed by atoms with van der Waals surface area (Å²) in [5, 5.41) is 10.5. The van der Waals surface area contributed by atoms with Gasteiger partial charge in [-0.15, -0.1) is 0 Å². The maximum atomic E-state index is 10.5. The number of hydrogen-bond acceptors (Lipinski definition) is 6. The SMILES string of the molecule is CC(C)(c1ccc(OCC(O)COc2ccc(C(C)(C)c3ccc(C4CO4)cc3)cc2)cc1)c1ccc(OC2CO2)cc1. The zero-order valence-corrected chi connectivity index (χ0v) is 25.3. The van der Waals surface area contributed by atoms with Crippen molar-refractivity contribution in [3.05, 3.63) is 125 Å². The average molecular weight is 581 g/mol. The Bertz CT molecular complexity index is 1480. The minimum absolute atomic E-state index is 0.0991. The molecule has 3 unspecified atom stereocenters. The number of rotatable bonds is 13. The topological polar surface area (TPSA) is 73.0 Å². The highest BCUT2D eigenvalue weighted by atomic mass is 16.8. The van der Waals surface area contributed by atoms with Crippen molar-refractivity contribution in [3.8, 4) is 17.2 Å². The molecule has 224 valence electrons. The highest BCUT2D eigenvalue weighted by Gasteiger charge is 2.28. The molecule has 3 atom stereocenters. The molecule has 6 nitrogen and oxygen atoms in total. The monoisotopic (exact) mass is 580 g/mol. The van der Waals surface area contributed by atoms with Crippen LogP contribution in [0.2, 0.25) is 0 Å². The molecule has 0 aromatic heterocycles. The van der Waals surface area contributed by atoms with Gasteiger partial charge in [-0.05, 0) is 64.2 Å². The fraction of sp³-hybridized carbons (Fsp3) is 0.351. The van der Waals surface area contributed by atoms with E-state index >= 15 is 0 Å². The summed E-state index contributed by atoms with van der Waals surface area (Å²) in [7, 11) is 0. The Labute approximate surface area is 254 Å². The fourth-order valence-corrected chi connectivity index (χ4v) is 5.27. The number of benzene rings is 4. The van der Waals surface area contributed by atoms with Gasteiger partial charge in [-0.1, -0.05) is 88.4 Å². The van der Waals surface area contributed by atoms with Crippen LogP contribution in [0.3, 0.4) is 0 Å². The number of aliphatic hydroxyl groups is 1. The number of epoxide rings is 2. The van der Waals surface area contributed by atoms with Crippen LogP contribution in [0.4, 0.5) is 0 Å². The van der Waals surface area contributed by atoms with Crippen molar-refractivity contribution in [1.29, 1.82) is 0 Å². The molecular formula is C37H40O6. The van der Waals surface area contributed by atoms with E-state index in [0.29, 0.717) is 18.1 Å². The van der Waals surface area contributed by atoms with Crippen LogP contribution < -0.4 is 14.2 Å². The second-order valence-corrected chi connectivity index (χ2v) is 12.4. The maximum absolute atomic E-state index is 10.5. The van der Waals surface area contributed by atoms with E-state index in [0.717, 1.165) is 12.4 Å². The van der Waals surface area contributed by atoms with Crippen LogP contribution in [0, 0.1) is 0 Å². The third-order valence-corrected chi connectivity index (χ3v) is 8.52. The van der Waals surface area contributed by atoms with Gasteiger partial charge in [0.05, 0.1) is 6.61 Å². The Morgan fingerprint density at radius 2 is 0.977 bits per heavy atom. The van der Waals surface area contributed by atoms with Crippen molar-refractivity contribution >= 4 is 0 Å². The van der Waals surface area contributed by atoms with Crippen LogP contribution in [0.15, 0.2) is 97.1 Å². The van der Waals surface area contributed by atoms with Gasteiger partial charge >= 0.3 is 0 Å². The van der Waals surface area contributed by atoms with Crippen molar-refractivity contribution < 1.29 is 28.8 Å². The van der Waals surface area contributed by atoms with Crippen LogP contribution in [0.5, 0.6) is 17.2 Å². The molecule has 43 heavy (non-hydrogen) atoms. The van der Waals surface area contributed by atoms with Crippen molar-refractivity contribution in [2.45, 2.75) is 57.0 Å². The smallest absolute Gasteiger partial charge is 0.223 e. The lowest BCUT2D eigenvalue weighted by atomic mass is 9.78. The summed E-state index contributed by atoms with van der Waals surface area (Å²) in [6.45, 7) is 10.6. The van der Waals surface area contributed by atoms with E-state index in [2.05, 4.69) is 88.4 Å². The largest absolute Gasteiger partial charge is 0.491 e. The van der Waals surface area contributed by atoms with E-state index < -0.39 is 6.10 Å². The molecule has 0 bridgehead atoms. The van der Waals surface area contributed by atoms with E-state index in [1.165, 1.54) is 27.8 Å². The summed E-state index contributed by atoms with van der Waals surface area (Å²) >= 11 is 0. The number of hydrogen-bond donors (Lipinski definition) is 1. The summed E-state index contributed by atoms with van der Waals surface area (Å²) in [6.07, 6.45) is -0.591. The molecule has 2 aliphatic heterocycles. The number of aliphatic hydroxyl groups excluding tert-OH is 1. The molecule has 0 saturated carbocycles. The molecule has 6 heteroatoms. The van der Waals surface area contributed by atoms with Gasteiger partial charge in [0, 0.05) is 10.8 Å². The second kappa shape index (κ2) is 12.0. The van der Waals surface area contributed by atoms with Crippen molar-refractivity contribution in [2.75, 3.05) is 26.4 Å². The van der Waals surface area contributed by atoms with Crippen LogP contribution in [-0.4, -0.2) is 43.9 Å². The van der Waals surface area contributed by atoms with Gasteiger partial charge in [0.1, 0.15) is 49.3 Å². The maximum Gasteiger partial charge on any atom is 0.223 e. The Morgan fingerprint density at radius 1 is 0.605 bits per heavy atom. The minimum atomic E-state index is -0.761. The molecule has 2 saturated heterocycles. The first-order valence-electron chi connectivity index (χ1n) is 14.9. The van der Waals surface area contributed by atoms with Gasteiger partial charge in [0.25, 0.3) is 0 Å². The first-order chi connectivity index (χ1) is 20.7. The lowest BCUT2D eigenvalue weighted by Gasteiger charge is -2.26. The number of ether oxygens (including phenoxy) is 5. The van der Waals surface area contributed by atoms with Crippen LogP contribution in [-0.2, 0) is 20.3 Å². The highest BCUT2D eigenvalue weighted by Crippen LogP contribution is 2.36. The predicted octanol–water partition coefficient (Wildman–Crippen LogP) is 6.96. The first-order valence-corrected chi connectivity index (χ1v) is 14.9. The van der Waals surface area contributed by atoms with E-state index in [1.54, 1.807) is 0 Å². The van der Waals surface area contributed by atoms with E-state index in [-0.39, 0.29) is 36.4 Å². The Morgan fingerprint density at radius 3 is 1.35 bits per heavy atom. The van der Waals surface area contributed by atoms with Crippen LogP contribution in [0.1, 0.15) is 61.6 Å². The van der Waals surface area contributed by atoms with Crippen LogP contribution >= 0.6 is 0 Å². The summed E-state index contributed by atoms with van der Waals surface area (Å²) in [6, 6.07) is 33.0. The molecule has 0 aliphatic carbocycles. The molecule has 2 heterocycles. The van der Waals surface area contributed by atoms with Crippen molar-refractivity contribution in [1.82, 2.24) is 0 Å². The fourth-order valence-electron chi connectivity index (χ4n) is 5.27. The summed E-state index contributed by atoms with van der Waals surface area (Å²) in [5.41, 5.74) is 5.69. The van der Waals surface area contributed by atoms with Crippen molar-refractivity contribution in [2.24, 2.45) is 0 Å². The molecule has 4 aromatic carbocycles. The molecule has 4 aromatic rings. The van der Waals surface area contributed by atoms with Gasteiger partial charge in [0.2, 0.25) is 6.29 Å². The Balaban J connectivity index is 0.974. The van der Waals surface area contributed by atoms with E-state index in [4.69, 9.17) is 23.7 Å². The van der Waals surface area contributed by atoms with Gasteiger partial charge < -0.3 is 28.8 Å². The minimum Gasteiger partial charge on any atom is -0.491 e. The molecule has 0 amide bonds. The zero-order chi connectivity index (χ0) is 30.0. The van der Waals surface area contributed by atoms with Crippen LogP contribution in [0.25, 0.3) is 0 Å². The van der Waals surface area contributed by atoms with Gasteiger partial charge in [-0.25, -0.2) is 0 Å². The Hall–Kier alpha value is -3.84. The second-order valence-electron chi connectivity index (χ2n) is 12.4. The first kappa shape index (κ1) is 29.2. The van der Waals surface area contributed by atoms with E-state index in [9.17, 15) is 5.11 Å². The summed E-state index contributed by atoms with van der Waals surface area (Å²) in [5.74, 6) is 2.23. The van der Waals surface area contributed by atoms with Crippen molar-refractivity contribution in [3.63, 3.8) is 0 Å². The third-order valence-electron chi connectivity index (χ3n) is 8.52. The standard InChI is InChI=1S/C37H40O6/c1-36(2,26-7-5-25(6-8-26)34-23-41-34)27-9-15-31(16-10-27)39-21-30(38)22-40-32-17-11-28(12-18-32)37(3,4)29-13-19-33(20-14-29)43-35-24-42-35/h5-20,30,34-35,38H,21-24H2,1-4H3. The lowest BCUT2D eigenvalue weighted by Crippen LogP contribution is -2.25. The highest BCUT2D eigenvalue weighted by molar-refractivity contribution is 5.43. The zero-order valence-electron chi connectivity index (χ0n) is 25.3. The molecule has 0 radical (unpaired) electrons. The molecule has 0 spiro atoms. The summed E-state index contributed by atoms with van der Waals surface area (Å²) < 4.78 is 27.9. The lowest BCUT2D eigenvalue weighted by molar-refractivity contribution is 0.0626. The quantitative estimate of drug-likeness (QED) is 0.172. The molecule has 6 rings (SSSR count). The summed E-state index contributed by atoms with van der Waals surface area (Å²) in [4.78, 5) is 0. The molecular weight excluding hydrogens is 540 g/mol. The average Bonchev–Trinajstić information content (AvgIpc) is 3.96. The molecule has 2 aliphatic rings. The molecule has 2 fully saturated rings. The van der Waals surface area contributed by atoms with Gasteiger partial charge in [0.15, 0.2) is 0 Å². The predicted molar refractivity (Wildman–Crippen MR) is 166 cm³/mol. The molecule has 1 N–H and O–H groups in total. The normalized spacial score (nSPS) is 18.5. The van der Waals surface area contributed by atoms with Gasteiger partial charge in [-0.3, -0.25) is 0 Å². The van der Waals surface area contributed by atoms with Gasteiger partial charge in [-0.2, -0.15) is 0 Å². The third kappa shape index (κ3) is 7.04. The Kier molecular flexibility index (Phi) is 8.19.